The Balaban J connectivity index is 1.91. The summed E-state index contributed by atoms with van der Waals surface area (Å²) >= 11 is 5.79. The van der Waals surface area contributed by atoms with Crippen LogP contribution in [0.15, 0.2) is 54.7 Å². The molecule has 1 atom stereocenters. The summed E-state index contributed by atoms with van der Waals surface area (Å²) in [6.45, 7) is 0. The van der Waals surface area contributed by atoms with Crippen molar-refractivity contribution in [1.29, 1.82) is 0 Å². The second-order valence-corrected chi connectivity index (χ2v) is 5.11. The first-order valence-electron chi connectivity index (χ1n) is 6.46. The Hall–Kier alpha value is -2.17. The molecule has 5 heteroatoms. The van der Waals surface area contributed by atoms with E-state index in [9.17, 15) is 4.39 Å². The number of H-pyrrole nitrogens is 1. The lowest BCUT2D eigenvalue weighted by atomic mass is 10.1. The number of halogens is 2. The van der Waals surface area contributed by atoms with E-state index in [1.807, 2.05) is 30.3 Å². The highest BCUT2D eigenvalue weighted by molar-refractivity contribution is 6.31. The molecule has 0 saturated carbocycles. The maximum Gasteiger partial charge on any atom is 0.141 e. The van der Waals surface area contributed by atoms with Gasteiger partial charge in [0.25, 0.3) is 0 Å². The van der Waals surface area contributed by atoms with Crippen LogP contribution in [0.1, 0.15) is 17.4 Å². The highest BCUT2D eigenvalue weighted by atomic mass is 35.5. The van der Waals surface area contributed by atoms with Crippen molar-refractivity contribution in [2.45, 2.75) is 6.04 Å². The highest BCUT2D eigenvalue weighted by Crippen LogP contribution is 2.25. The fourth-order valence-corrected chi connectivity index (χ4v) is 2.30. The van der Waals surface area contributed by atoms with Gasteiger partial charge in [-0.1, -0.05) is 41.9 Å². The SMILES string of the molecule is NC(c1ccccc1)c1ncc(-c2ccc(F)c(Cl)c2)[nH]1. The molecule has 106 valence electrons. The molecule has 3 aromatic rings. The predicted octanol–water partition coefficient (Wildman–Crippen LogP) is 3.92. The van der Waals surface area contributed by atoms with Gasteiger partial charge in [0.2, 0.25) is 0 Å². The van der Waals surface area contributed by atoms with E-state index in [1.54, 1.807) is 18.3 Å². The van der Waals surface area contributed by atoms with Crippen LogP contribution in [-0.2, 0) is 0 Å². The van der Waals surface area contributed by atoms with E-state index in [2.05, 4.69) is 9.97 Å². The highest BCUT2D eigenvalue weighted by Gasteiger charge is 2.13. The normalized spacial score (nSPS) is 12.3. The van der Waals surface area contributed by atoms with E-state index in [0.717, 1.165) is 16.8 Å². The Labute approximate surface area is 126 Å². The third kappa shape index (κ3) is 2.82. The lowest BCUT2D eigenvalue weighted by Gasteiger charge is -2.08. The number of hydrogen-bond acceptors (Lipinski definition) is 2. The molecule has 0 bridgehead atoms. The number of nitrogens with zero attached hydrogens (tertiary/aromatic N) is 1. The van der Waals surface area contributed by atoms with Crippen molar-refractivity contribution in [2.75, 3.05) is 0 Å². The van der Waals surface area contributed by atoms with E-state index in [-0.39, 0.29) is 11.1 Å². The lowest BCUT2D eigenvalue weighted by Crippen LogP contribution is -2.13. The number of hydrogen-bond donors (Lipinski definition) is 2. The van der Waals surface area contributed by atoms with Crippen LogP contribution in [0.5, 0.6) is 0 Å². The minimum atomic E-state index is -0.443. The van der Waals surface area contributed by atoms with Crippen molar-refractivity contribution in [3.63, 3.8) is 0 Å². The Morgan fingerprint density at radius 3 is 2.62 bits per heavy atom. The maximum absolute atomic E-state index is 13.2. The third-order valence-corrected chi connectivity index (χ3v) is 3.57. The first-order valence-corrected chi connectivity index (χ1v) is 6.84. The second-order valence-electron chi connectivity index (χ2n) is 4.70. The molecule has 0 amide bonds. The Morgan fingerprint density at radius 1 is 1.14 bits per heavy atom. The minimum absolute atomic E-state index is 0.0796. The molecule has 3 N–H and O–H groups in total. The summed E-state index contributed by atoms with van der Waals surface area (Å²) in [7, 11) is 0. The van der Waals surface area contributed by atoms with E-state index >= 15 is 0 Å². The average Bonchev–Trinajstić information content (AvgIpc) is 3.00. The summed E-state index contributed by atoms with van der Waals surface area (Å²) in [6, 6.07) is 13.9. The number of aromatic amines is 1. The number of nitrogens with one attached hydrogen (secondary N) is 1. The van der Waals surface area contributed by atoms with Gasteiger partial charge in [0.05, 0.1) is 23.0 Å². The predicted molar refractivity (Wildman–Crippen MR) is 81.5 cm³/mol. The topological polar surface area (TPSA) is 54.7 Å². The van der Waals surface area contributed by atoms with Crippen LogP contribution in [0.25, 0.3) is 11.3 Å². The van der Waals surface area contributed by atoms with Crippen molar-refractivity contribution < 1.29 is 4.39 Å². The van der Waals surface area contributed by atoms with Crippen molar-refractivity contribution in [1.82, 2.24) is 9.97 Å². The summed E-state index contributed by atoms with van der Waals surface area (Å²) in [4.78, 5) is 7.46. The van der Waals surface area contributed by atoms with Crippen LogP contribution in [-0.4, -0.2) is 9.97 Å². The smallest absolute Gasteiger partial charge is 0.141 e. The summed E-state index contributed by atoms with van der Waals surface area (Å²) in [5, 5.41) is 0.0796. The molecule has 3 rings (SSSR count). The third-order valence-electron chi connectivity index (χ3n) is 3.28. The van der Waals surface area contributed by atoms with Crippen molar-refractivity contribution >= 4 is 11.6 Å². The van der Waals surface area contributed by atoms with E-state index in [4.69, 9.17) is 17.3 Å². The van der Waals surface area contributed by atoms with Crippen LogP contribution in [0, 0.1) is 5.82 Å². The quantitative estimate of drug-likeness (QED) is 0.770. The summed E-state index contributed by atoms with van der Waals surface area (Å²) in [5.41, 5.74) is 8.66. The fourth-order valence-electron chi connectivity index (χ4n) is 2.12. The number of rotatable bonds is 3. The van der Waals surface area contributed by atoms with Gasteiger partial charge in [-0.2, -0.15) is 0 Å². The molecule has 0 aliphatic heterocycles. The van der Waals surface area contributed by atoms with Crippen LogP contribution < -0.4 is 5.73 Å². The number of aromatic nitrogens is 2. The second kappa shape index (κ2) is 5.68. The monoisotopic (exact) mass is 301 g/mol. The molecule has 2 aromatic carbocycles. The molecular weight excluding hydrogens is 289 g/mol. The van der Waals surface area contributed by atoms with Crippen LogP contribution in [0.3, 0.4) is 0 Å². The zero-order valence-electron chi connectivity index (χ0n) is 11.1. The summed E-state index contributed by atoms with van der Waals surface area (Å²) in [6.07, 6.45) is 1.67. The first-order chi connectivity index (χ1) is 10.1. The molecule has 3 nitrogen and oxygen atoms in total. The van der Waals surface area contributed by atoms with Gasteiger partial charge in [0.15, 0.2) is 0 Å². The van der Waals surface area contributed by atoms with E-state index < -0.39 is 5.82 Å². The molecule has 1 heterocycles. The fraction of sp³-hybridized carbons (Fsp3) is 0.0625. The first kappa shape index (κ1) is 13.8. The number of benzene rings is 2. The lowest BCUT2D eigenvalue weighted by molar-refractivity contribution is 0.628. The standard InChI is InChI=1S/C16H13ClFN3/c17-12-8-11(6-7-13(12)18)14-9-20-16(21-14)15(19)10-4-2-1-3-5-10/h1-9,15H,19H2,(H,20,21). The van der Waals surface area contributed by atoms with Crippen molar-refractivity contribution in [3.8, 4) is 11.3 Å². The van der Waals surface area contributed by atoms with E-state index in [1.165, 1.54) is 6.07 Å². The van der Waals surface area contributed by atoms with Gasteiger partial charge in [-0.05, 0) is 23.8 Å². The van der Waals surface area contributed by atoms with Crippen LogP contribution in [0.4, 0.5) is 4.39 Å². The van der Waals surface area contributed by atoms with Crippen LogP contribution in [0.2, 0.25) is 5.02 Å². The molecule has 0 saturated heterocycles. The summed E-state index contributed by atoms with van der Waals surface area (Å²) in [5.74, 6) is 0.206. The molecule has 0 fully saturated rings. The number of nitrogens with two attached hydrogens (primary N) is 1. The molecule has 0 radical (unpaired) electrons. The molecule has 1 unspecified atom stereocenters. The molecule has 0 aliphatic rings. The van der Waals surface area contributed by atoms with Crippen molar-refractivity contribution in [3.05, 3.63) is 77.0 Å². The van der Waals surface area contributed by atoms with E-state index in [0.29, 0.717) is 5.82 Å². The van der Waals surface area contributed by atoms with Gasteiger partial charge in [-0.3, -0.25) is 0 Å². The van der Waals surface area contributed by atoms with Gasteiger partial charge in [-0.15, -0.1) is 0 Å². The average molecular weight is 302 g/mol. The zero-order valence-corrected chi connectivity index (χ0v) is 11.8. The van der Waals surface area contributed by atoms with Gasteiger partial charge >= 0.3 is 0 Å². The van der Waals surface area contributed by atoms with Gasteiger partial charge in [0, 0.05) is 5.56 Å². The van der Waals surface area contributed by atoms with Crippen LogP contribution >= 0.6 is 11.6 Å². The van der Waals surface area contributed by atoms with Gasteiger partial charge in [-0.25, -0.2) is 9.37 Å². The summed E-state index contributed by atoms with van der Waals surface area (Å²) < 4.78 is 13.2. The Kier molecular flexibility index (Phi) is 3.73. The number of imidazole rings is 1. The molecule has 0 aliphatic carbocycles. The Morgan fingerprint density at radius 2 is 1.90 bits per heavy atom. The van der Waals surface area contributed by atoms with Crippen molar-refractivity contribution in [2.24, 2.45) is 5.73 Å². The largest absolute Gasteiger partial charge is 0.340 e. The minimum Gasteiger partial charge on any atom is -0.340 e. The molecule has 0 spiro atoms. The Bertz CT molecular complexity index is 755. The zero-order chi connectivity index (χ0) is 14.8. The molecule has 21 heavy (non-hydrogen) atoms. The van der Waals surface area contributed by atoms with Gasteiger partial charge in [0.1, 0.15) is 11.6 Å². The van der Waals surface area contributed by atoms with Gasteiger partial charge < -0.3 is 10.7 Å². The molecular formula is C16H13ClFN3. The maximum atomic E-state index is 13.2. The molecule has 1 aromatic heterocycles.